The summed E-state index contributed by atoms with van der Waals surface area (Å²) in [6, 6.07) is 5.14. The summed E-state index contributed by atoms with van der Waals surface area (Å²) in [7, 11) is -2.21. The first-order valence-corrected chi connectivity index (χ1v) is 9.39. The fourth-order valence-corrected chi connectivity index (χ4v) is 2.78. The summed E-state index contributed by atoms with van der Waals surface area (Å²) in [5.41, 5.74) is 0.798. The normalized spacial score (nSPS) is 14.7. The molecule has 1 saturated carbocycles. The van der Waals surface area contributed by atoms with E-state index in [1.54, 1.807) is 12.1 Å². The molecule has 0 atom stereocenters. The molecule has 23 heavy (non-hydrogen) atoms. The predicted molar refractivity (Wildman–Crippen MR) is 86.9 cm³/mol. The lowest BCUT2D eigenvalue weighted by atomic mass is 10.1. The highest BCUT2D eigenvalue weighted by Crippen LogP contribution is 2.33. The summed E-state index contributed by atoms with van der Waals surface area (Å²) in [6.45, 7) is 4.35. The van der Waals surface area contributed by atoms with Gasteiger partial charge in [0.2, 0.25) is 5.91 Å². The number of rotatable bonds is 7. The Labute approximate surface area is 137 Å². The van der Waals surface area contributed by atoms with E-state index >= 15 is 0 Å². The van der Waals surface area contributed by atoms with Gasteiger partial charge in [0.25, 0.3) is 0 Å². The smallest absolute Gasteiger partial charge is 0.306 e. The van der Waals surface area contributed by atoms with Gasteiger partial charge in [-0.3, -0.25) is 4.79 Å². The van der Waals surface area contributed by atoms with Gasteiger partial charge in [0, 0.05) is 18.5 Å². The Morgan fingerprint density at radius 2 is 1.96 bits per heavy atom. The SMILES string of the molecule is COc1ccc(CN(C(=O)C2CC2)C(C)C)cc1OS(C)(=O)=O. The predicted octanol–water partition coefficient (Wildman–Crippen LogP) is 2.18. The number of hydrogen-bond donors (Lipinski definition) is 0. The van der Waals surface area contributed by atoms with E-state index in [-0.39, 0.29) is 23.6 Å². The summed E-state index contributed by atoms with van der Waals surface area (Å²) in [6.07, 6.45) is 2.89. The van der Waals surface area contributed by atoms with Crippen LogP contribution in [0.2, 0.25) is 0 Å². The highest BCUT2D eigenvalue weighted by Gasteiger charge is 2.34. The zero-order valence-corrected chi connectivity index (χ0v) is 14.7. The Balaban J connectivity index is 2.24. The number of carbonyl (C=O) groups is 1. The van der Waals surface area contributed by atoms with E-state index in [9.17, 15) is 13.2 Å². The van der Waals surface area contributed by atoms with Crippen LogP contribution in [-0.4, -0.2) is 38.6 Å². The maximum atomic E-state index is 12.4. The molecule has 1 aromatic carbocycles. The molecule has 1 fully saturated rings. The summed E-state index contributed by atoms with van der Waals surface area (Å²) in [5, 5.41) is 0. The number of benzene rings is 1. The largest absolute Gasteiger partial charge is 0.493 e. The second kappa shape index (κ2) is 6.78. The van der Waals surface area contributed by atoms with Crippen LogP contribution in [0, 0.1) is 5.92 Å². The van der Waals surface area contributed by atoms with Gasteiger partial charge in [-0.1, -0.05) is 6.07 Å². The van der Waals surface area contributed by atoms with Crippen molar-refractivity contribution in [1.82, 2.24) is 4.90 Å². The summed E-state index contributed by atoms with van der Waals surface area (Å²) in [4.78, 5) is 14.2. The minimum Gasteiger partial charge on any atom is -0.493 e. The van der Waals surface area contributed by atoms with Gasteiger partial charge in [-0.15, -0.1) is 0 Å². The standard InChI is InChI=1S/C16H23NO5S/c1-11(2)17(16(18)13-6-7-13)10-12-5-8-14(21-3)15(9-12)22-23(4,19)20/h5,8-9,11,13H,6-7,10H2,1-4H3. The van der Waals surface area contributed by atoms with E-state index < -0.39 is 10.1 Å². The first-order valence-electron chi connectivity index (χ1n) is 7.58. The first kappa shape index (κ1) is 17.6. The van der Waals surface area contributed by atoms with Crippen molar-refractivity contribution in [2.75, 3.05) is 13.4 Å². The average molecular weight is 341 g/mol. The fourth-order valence-electron chi connectivity index (χ4n) is 2.32. The summed E-state index contributed by atoms with van der Waals surface area (Å²) >= 11 is 0. The molecule has 1 amide bonds. The molecule has 1 aliphatic rings. The van der Waals surface area contributed by atoms with Crippen LogP contribution in [0.15, 0.2) is 18.2 Å². The van der Waals surface area contributed by atoms with E-state index in [1.807, 2.05) is 24.8 Å². The number of nitrogens with zero attached hydrogens (tertiary/aromatic N) is 1. The van der Waals surface area contributed by atoms with Crippen molar-refractivity contribution in [3.05, 3.63) is 23.8 Å². The fraction of sp³-hybridized carbons (Fsp3) is 0.562. The molecule has 1 aromatic rings. The molecule has 0 aromatic heterocycles. The molecule has 6 nitrogen and oxygen atoms in total. The Kier molecular flexibility index (Phi) is 5.19. The van der Waals surface area contributed by atoms with Crippen molar-refractivity contribution in [3.63, 3.8) is 0 Å². The van der Waals surface area contributed by atoms with E-state index in [0.717, 1.165) is 24.7 Å². The Bertz CT molecular complexity index is 680. The van der Waals surface area contributed by atoms with Gasteiger partial charge >= 0.3 is 10.1 Å². The van der Waals surface area contributed by atoms with Crippen molar-refractivity contribution in [2.45, 2.75) is 39.3 Å². The molecule has 0 spiro atoms. The molecule has 2 rings (SSSR count). The third-order valence-electron chi connectivity index (χ3n) is 3.66. The molecule has 0 aliphatic heterocycles. The zero-order valence-electron chi connectivity index (χ0n) is 13.9. The number of carbonyl (C=O) groups excluding carboxylic acids is 1. The maximum Gasteiger partial charge on any atom is 0.306 e. The van der Waals surface area contributed by atoms with Gasteiger partial charge in [-0.25, -0.2) is 0 Å². The van der Waals surface area contributed by atoms with Crippen molar-refractivity contribution >= 4 is 16.0 Å². The van der Waals surface area contributed by atoms with E-state index in [2.05, 4.69) is 0 Å². The number of methoxy groups -OCH3 is 1. The molecular formula is C16H23NO5S. The maximum absolute atomic E-state index is 12.4. The molecule has 0 heterocycles. The number of amides is 1. The molecule has 0 N–H and O–H groups in total. The Morgan fingerprint density at radius 3 is 2.43 bits per heavy atom. The van der Waals surface area contributed by atoms with Gasteiger partial charge in [0.15, 0.2) is 11.5 Å². The molecule has 1 aliphatic carbocycles. The molecule has 7 heteroatoms. The molecule has 0 bridgehead atoms. The van der Waals surface area contributed by atoms with Gasteiger partial charge < -0.3 is 13.8 Å². The lowest BCUT2D eigenvalue weighted by Crippen LogP contribution is -2.37. The van der Waals surface area contributed by atoms with Crippen LogP contribution in [0.4, 0.5) is 0 Å². The Morgan fingerprint density at radius 1 is 1.30 bits per heavy atom. The van der Waals surface area contributed by atoms with Crippen LogP contribution in [-0.2, 0) is 21.5 Å². The molecule has 0 saturated heterocycles. The highest BCUT2D eigenvalue weighted by atomic mass is 32.2. The third-order valence-corrected chi connectivity index (χ3v) is 4.14. The van der Waals surface area contributed by atoms with Crippen LogP contribution in [0.1, 0.15) is 32.3 Å². The van der Waals surface area contributed by atoms with Crippen LogP contribution in [0.5, 0.6) is 11.5 Å². The van der Waals surface area contributed by atoms with Crippen molar-refractivity contribution in [1.29, 1.82) is 0 Å². The third kappa shape index (κ3) is 4.86. The molecule has 0 radical (unpaired) electrons. The van der Waals surface area contributed by atoms with Gasteiger partial charge in [-0.05, 0) is 44.4 Å². The second-order valence-corrected chi connectivity index (χ2v) is 7.68. The van der Waals surface area contributed by atoms with Gasteiger partial charge in [0.1, 0.15) is 0 Å². The van der Waals surface area contributed by atoms with Crippen LogP contribution >= 0.6 is 0 Å². The van der Waals surface area contributed by atoms with Gasteiger partial charge in [-0.2, -0.15) is 8.42 Å². The summed E-state index contributed by atoms with van der Waals surface area (Å²) in [5.74, 6) is 0.766. The summed E-state index contributed by atoms with van der Waals surface area (Å²) < 4.78 is 32.8. The van der Waals surface area contributed by atoms with E-state index in [1.165, 1.54) is 7.11 Å². The second-order valence-electron chi connectivity index (χ2n) is 6.11. The molecule has 128 valence electrons. The van der Waals surface area contributed by atoms with Crippen LogP contribution in [0.3, 0.4) is 0 Å². The molecule has 0 unspecified atom stereocenters. The lowest BCUT2D eigenvalue weighted by Gasteiger charge is -2.27. The lowest BCUT2D eigenvalue weighted by molar-refractivity contribution is -0.134. The zero-order chi connectivity index (χ0) is 17.2. The minimum absolute atomic E-state index is 0.0736. The average Bonchev–Trinajstić information content (AvgIpc) is 3.26. The van der Waals surface area contributed by atoms with Crippen LogP contribution < -0.4 is 8.92 Å². The topological polar surface area (TPSA) is 72.9 Å². The minimum atomic E-state index is -3.65. The van der Waals surface area contributed by atoms with Crippen LogP contribution in [0.25, 0.3) is 0 Å². The highest BCUT2D eigenvalue weighted by molar-refractivity contribution is 7.86. The van der Waals surface area contributed by atoms with E-state index in [0.29, 0.717) is 12.3 Å². The van der Waals surface area contributed by atoms with Crippen molar-refractivity contribution < 1.29 is 22.1 Å². The molecular weight excluding hydrogens is 318 g/mol. The first-order chi connectivity index (χ1) is 10.7. The quantitative estimate of drug-likeness (QED) is 0.711. The number of ether oxygens (including phenoxy) is 1. The van der Waals surface area contributed by atoms with Crippen molar-refractivity contribution in [3.8, 4) is 11.5 Å². The Hall–Kier alpha value is -1.76. The van der Waals surface area contributed by atoms with Crippen molar-refractivity contribution in [2.24, 2.45) is 5.92 Å². The monoisotopic (exact) mass is 341 g/mol. The van der Waals surface area contributed by atoms with E-state index in [4.69, 9.17) is 8.92 Å². The number of hydrogen-bond acceptors (Lipinski definition) is 5. The van der Waals surface area contributed by atoms with Gasteiger partial charge in [0.05, 0.1) is 13.4 Å².